The summed E-state index contributed by atoms with van der Waals surface area (Å²) in [6.07, 6.45) is 3.65. The van der Waals surface area contributed by atoms with Crippen LogP contribution in [-0.4, -0.2) is 58.5 Å². The van der Waals surface area contributed by atoms with Gasteiger partial charge < -0.3 is 10.2 Å². The molecule has 158 valence electrons. The molecule has 31 heavy (non-hydrogen) atoms. The number of nitrogens with one attached hydrogen (secondary N) is 1. The SMILES string of the molecule is O=C1NCCc2c1nc(-c1ccccc1)nc2N1CCCN(Cc2ccccn2)CC1. The minimum Gasteiger partial charge on any atom is -0.355 e. The molecule has 2 aliphatic rings. The van der Waals surface area contributed by atoms with Crippen LogP contribution in [0.4, 0.5) is 5.82 Å². The van der Waals surface area contributed by atoms with Crippen molar-refractivity contribution in [2.75, 3.05) is 37.6 Å². The molecule has 0 radical (unpaired) electrons. The monoisotopic (exact) mass is 414 g/mol. The minimum atomic E-state index is -0.103. The zero-order valence-electron chi connectivity index (χ0n) is 17.5. The molecule has 0 unspecified atom stereocenters. The van der Waals surface area contributed by atoms with Gasteiger partial charge in [0.1, 0.15) is 11.5 Å². The summed E-state index contributed by atoms with van der Waals surface area (Å²) in [4.78, 5) is 31.5. The van der Waals surface area contributed by atoms with Crippen molar-refractivity contribution in [2.45, 2.75) is 19.4 Å². The summed E-state index contributed by atoms with van der Waals surface area (Å²) in [6.45, 7) is 5.22. The quantitative estimate of drug-likeness (QED) is 0.707. The van der Waals surface area contributed by atoms with Crippen LogP contribution in [0.5, 0.6) is 0 Å². The Morgan fingerprint density at radius 1 is 0.935 bits per heavy atom. The first kappa shape index (κ1) is 19.6. The van der Waals surface area contributed by atoms with E-state index in [4.69, 9.17) is 4.98 Å². The third kappa shape index (κ3) is 4.27. The molecule has 0 spiro atoms. The predicted molar refractivity (Wildman–Crippen MR) is 120 cm³/mol. The van der Waals surface area contributed by atoms with E-state index in [-0.39, 0.29) is 5.91 Å². The first-order valence-electron chi connectivity index (χ1n) is 10.9. The summed E-state index contributed by atoms with van der Waals surface area (Å²) in [7, 11) is 0. The fraction of sp³-hybridized carbons (Fsp3) is 0.333. The van der Waals surface area contributed by atoms with Crippen molar-refractivity contribution >= 4 is 11.7 Å². The number of carbonyl (C=O) groups excluding carboxylic acids is 1. The van der Waals surface area contributed by atoms with Crippen LogP contribution in [0.25, 0.3) is 11.4 Å². The highest BCUT2D eigenvalue weighted by molar-refractivity contribution is 5.96. The van der Waals surface area contributed by atoms with E-state index in [2.05, 4.69) is 31.2 Å². The Hall–Kier alpha value is -3.32. The minimum absolute atomic E-state index is 0.103. The molecule has 0 saturated carbocycles. The van der Waals surface area contributed by atoms with Gasteiger partial charge >= 0.3 is 0 Å². The highest BCUT2D eigenvalue weighted by Crippen LogP contribution is 2.28. The van der Waals surface area contributed by atoms with Gasteiger partial charge in [-0.3, -0.25) is 14.7 Å². The number of aromatic nitrogens is 3. The van der Waals surface area contributed by atoms with Crippen LogP contribution in [0.1, 0.15) is 28.2 Å². The Morgan fingerprint density at radius 2 is 1.81 bits per heavy atom. The molecule has 2 aliphatic heterocycles. The molecular weight excluding hydrogens is 388 g/mol. The van der Waals surface area contributed by atoms with Crippen molar-refractivity contribution in [1.82, 2.24) is 25.2 Å². The third-order valence-corrected chi connectivity index (χ3v) is 5.89. The van der Waals surface area contributed by atoms with Crippen molar-refractivity contribution in [3.05, 3.63) is 71.7 Å². The zero-order valence-corrected chi connectivity index (χ0v) is 17.5. The van der Waals surface area contributed by atoms with Crippen LogP contribution in [0.3, 0.4) is 0 Å². The van der Waals surface area contributed by atoms with Gasteiger partial charge in [0.25, 0.3) is 5.91 Å². The average Bonchev–Trinajstić information content (AvgIpc) is 3.05. The molecule has 0 bridgehead atoms. The second kappa shape index (κ2) is 8.81. The summed E-state index contributed by atoms with van der Waals surface area (Å²) in [5, 5.41) is 2.93. The number of amides is 1. The van der Waals surface area contributed by atoms with E-state index >= 15 is 0 Å². The van der Waals surface area contributed by atoms with Gasteiger partial charge in [-0.05, 0) is 25.0 Å². The number of nitrogens with zero attached hydrogens (tertiary/aromatic N) is 5. The first-order chi connectivity index (χ1) is 15.3. The Balaban J connectivity index is 1.43. The highest BCUT2D eigenvalue weighted by Gasteiger charge is 2.27. The number of benzene rings is 1. The number of anilines is 1. The van der Waals surface area contributed by atoms with Gasteiger partial charge in [-0.25, -0.2) is 9.97 Å². The van der Waals surface area contributed by atoms with E-state index in [0.29, 0.717) is 18.1 Å². The van der Waals surface area contributed by atoms with Crippen molar-refractivity contribution in [3.63, 3.8) is 0 Å². The molecule has 1 saturated heterocycles. The van der Waals surface area contributed by atoms with Gasteiger partial charge in [-0.1, -0.05) is 36.4 Å². The van der Waals surface area contributed by atoms with Crippen LogP contribution in [0, 0.1) is 0 Å². The number of pyridine rings is 1. The molecule has 1 fully saturated rings. The number of hydrogen-bond acceptors (Lipinski definition) is 6. The largest absolute Gasteiger partial charge is 0.355 e. The average molecular weight is 415 g/mol. The van der Waals surface area contributed by atoms with Crippen molar-refractivity contribution in [2.24, 2.45) is 0 Å². The Morgan fingerprint density at radius 3 is 2.65 bits per heavy atom. The number of fused-ring (bicyclic) bond motifs is 1. The van der Waals surface area contributed by atoms with E-state index < -0.39 is 0 Å². The molecule has 7 heteroatoms. The Bertz CT molecular complexity index is 1060. The van der Waals surface area contributed by atoms with Gasteiger partial charge in [-0.15, -0.1) is 0 Å². The van der Waals surface area contributed by atoms with Crippen molar-refractivity contribution in [3.8, 4) is 11.4 Å². The molecule has 1 amide bonds. The maximum atomic E-state index is 12.6. The normalized spacial score (nSPS) is 17.0. The number of hydrogen-bond donors (Lipinski definition) is 1. The van der Waals surface area contributed by atoms with Gasteiger partial charge in [0, 0.05) is 56.6 Å². The summed E-state index contributed by atoms with van der Waals surface area (Å²) in [6, 6.07) is 16.0. The van der Waals surface area contributed by atoms with Crippen LogP contribution in [-0.2, 0) is 13.0 Å². The fourth-order valence-electron chi connectivity index (χ4n) is 4.31. The fourth-order valence-corrected chi connectivity index (χ4v) is 4.31. The second-order valence-electron chi connectivity index (χ2n) is 8.01. The van der Waals surface area contributed by atoms with Crippen LogP contribution >= 0.6 is 0 Å². The standard InChI is InChI=1S/C24H26N6O/c31-24-21-20(10-12-26-24)23(28-22(27-21)18-7-2-1-3-8-18)30-14-6-13-29(15-16-30)17-19-9-4-5-11-25-19/h1-5,7-9,11H,6,10,12-17H2,(H,26,31). The molecule has 7 nitrogen and oxygen atoms in total. The third-order valence-electron chi connectivity index (χ3n) is 5.89. The topological polar surface area (TPSA) is 74.2 Å². The molecule has 1 aromatic carbocycles. The van der Waals surface area contributed by atoms with Crippen LogP contribution < -0.4 is 10.2 Å². The summed E-state index contributed by atoms with van der Waals surface area (Å²) >= 11 is 0. The molecule has 0 aliphatic carbocycles. The molecule has 3 aromatic rings. The van der Waals surface area contributed by atoms with Gasteiger partial charge in [0.05, 0.1) is 5.69 Å². The molecule has 5 rings (SSSR count). The Labute approximate surface area is 182 Å². The van der Waals surface area contributed by atoms with Crippen LogP contribution in [0.2, 0.25) is 0 Å². The first-order valence-corrected chi connectivity index (χ1v) is 10.9. The number of rotatable bonds is 4. The number of carbonyl (C=O) groups is 1. The zero-order chi connectivity index (χ0) is 21.0. The molecule has 1 N–H and O–H groups in total. The lowest BCUT2D eigenvalue weighted by Crippen LogP contribution is -2.37. The summed E-state index contributed by atoms with van der Waals surface area (Å²) in [5.74, 6) is 1.42. The molecule has 4 heterocycles. The Kier molecular flexibility index (Phi) is 5.58. The summed E-state index contributed by atoms with van der Waals surface area (Å²) < 4.78 is 0. The van der Waals surface area contributed by atoms with Gasteiger partial charge in [0.15, 0.2) is 5.82 Å². The van der Waals surface area contributed by atoms with Gasteiger partial charge in [0.2, 0.25) is 0 Å². The lowest BCUT2D eigenvalue weighted by Gasteiger charge is -2.28. The smallest absolute Gasteiger partial charge is 0.270 e. The predicted octanol–water partition coefficient (Wildman–Crippen LogP) is 2.54. The van der Waals surface area contributed by atoms with E-state index in [9.17, 15) is 4.79 Å². The highest BCUT2D eigenvalue weighted by atomic mass is 16.1. The van der Waals surface area contributed by atoms with Crippen molar-refractivity contribution in [1.29, 1.82) is 0 Å². The maximum Gasteiger partial charge on any atom is 0.270 e. The molecular formula is C24H26N6O. The van der Waals surface area contributed by atoms with E-state index in [0.717, 1.165) is 68.2 Å². The molecule has 0 atom stereocenters. The van der Waals surface area contributed by atoms with E-state index in [1.807, 2.05) is 48.7 Å². The van der Waals surface area contributed by atoms with E-state index in [1.54, 1.807) is 0 Å². The van der Waals surface area contributed by atoms with E-state index in [1.165, 1.54) is 0 Å². The lowest BCUT2D eigenvalue weighted by molar-refractivity contribution is 0.0940. The van der Waals surface area contributed by atoms with Crippen molar-refractivity contribution < 1.29 is 4.79 Å². The second-order valence-corrected chi connectivity index (χ2v) is 8.01. The summed E-state index contributed by atoms with van der Waals surface area (Å²) in [5.41, 5.74) is 3.52. The van der Waals surface area contributed by atoms with Crippen LogP contribution in [0.15, 0.2) is 54.7 Å². The van der Waals surface area contributed by atoms with Gasteiger partial charge in [-0.2, -0.15) is 0 Å². The maximum absolute atomic E-state index is 12.6. The lowest BCUT2D eigenvalue weighted by atomic mass is 10.0. The molecule has 2 aromatic heterocycles.